The van der Waals surface area contributed by atoms with Crippen molar-refractivity contribution in [2.24, 2.45) is 0 Å². The number of carbonyl (C=O) groups is 2. The molecule has 20 heavy (non-hydrogen) atoms. The molecule has 0 unspecified atom stereocenters. The Morgan fingerprint density at radius 3 is 2.35 bits per heavy atom. The number of hydrogen-bond donors (Lipinski definition) is 4. The van der Waals surface area contributed by atoms with Crippen LogP contribution in [0.1, 0.15) is 46.2 Å². The van der Waals surface area contributed by atoms with E-state index in [1.165, 1.54) is 18.4 Å². The minimum Gasteiger partial charge on any atom is -0.397 e. The van der Waals surface area contributed by atoms with Gasteiger partial charge in [0.25, 0.3) is 11.8 Å². The molecule has 0 saturated heterocycles. The lowest BCUT2D eigenvalue weighted by Crippen LogP contribution is -2.21. The maximum Gasteiger partial charge on any atom is 0.263 e. The number of amides is 2. The van der Waals surface area contributed by atoms with E-state index in [9.17, 15) is 9.59 Å². The lowest BCUT2D eigenvalue weighted by molar-refractivity contribution is 0.0963. The Balaban J connectivity index is 3.01. The number of nitrogens with two attached hydrogens (primary N) is 1. The van der Waals surface area contributed by atoms with Crippen LogP contribution in [-0.4, -0.2) is 32.5 Å². The fourth-order valence-corrected chi connectivity index (χ4v) is 2.87. The van der Waals surface area contributed by atoms with Crippen molar-refractivity contribution in [3.8, 4) is 0 Å². The molecular weight excluding hydrogens is 276 g/mol. The van der Waals surface area contributed by atoms with Crippen LogP contribution in [0.25, 0.3) is 0 Å². The van der Waals surface area contributed by atoms with Crippen LogP contribution < -0.4 is 21.7 Å². The summed E-state index contributed by atoms with van der Waals surface area (Å²) < 4.78 is 0. The smallest absolute Gasteiger partial charge is 0.263 e. The van der Waals surface area contributed by atoms with Crippen LogP contribution >= 0.6 is 11.3 Å². The van der Waals surface area contributed by atoms with Gasteiger partial charge in [0.05, 0.1) is 11.3 Å². The normalized spacial score (nSPS) is 10.2. The predicted molar refractivity (Wildman–Crippen MR) is 83.5 cm³/mol. The van der Waals surface area contributed by atoms with Crippen LogP contribution in [0.4, 0.5) is 10.7 Å². The van der Waals surface area contributed by atoms with E-state index in [1.807, 2.05) is 0 Å². The number of nitrogen functional groups attached to an aromatic ring is 1. The van der Waals surface area contributed by atoms with Crippen LogP contribution in [-0.2, 0) is 0 Å². The van der Waals surface area contributed by atoms with Gasteiger partial charge in [-0.2, -0.15) is 0 Å². The van der Waals surface area contributed by atoms with Crippen LogP contribution in [0.3, 0.4) is 0 Å². The number of anilines is 2. The molecule has 0 aliphatic rings. The first-order valence-electron chi connectivity index (χ1n) is 6.67. The molecule has 5 N–H and O–H groups in total. The summed E-state index contributed by atoms with van der Waals surface area (Å²) in [5, 5.41) is 8.93. The largest absolute Gasteiger partial charge is 0.397 e. The molecule has 0 aliphatic carbocycles. The van der Waals surface area contributed by atoms with E-state index in [1.54, 1.807) is 7.05 Å². The van der Waals surface area contributed by atoms with Crippen molar-refractivity contribution in [3.63, 3.8) is 0 Å². The highest BCUT2D eigenvalue weighted by atomic mass is 32.1. The fraction of sp³-hybridized carbons (Fsp3) is 0.538. The Kier molecular flexibility index (Phi) is 6.30. The molecule has 6 nitrogen and oxygen atoms in total. The zero-order valence-corrected chi connectivity index (χ0v) is 12.9. The monoisotopic (exact) mass is 298 g/mol. The Morgan fingerprint density at radius 1 is 1.15 bits per heavy atom. The average Bonchev–Trinajstić information content (AvgIpc) is 2.79. The van der Waals surface area contributed by atoms with Gasteiger partial charge < -0.3 is 21.7 Å². The molecule has 1 aromatic heterocycles. The highest BCUT2D eigenvalue weighted by Crippen LogP contribution is 2.35. The summed E-state index contributed by atoms with van der Waals surface area (Å²) in [6, 6.07) is 0. The molecule has 0 radical (unpaired) electrons. The molecule has 0 aliphatic heterocycles. The molecule has 2 amide bonds. The number of thiophene rings is 1. The van der Waals surface area contributed by atoms with Crippen LogP contribution in [0.5, 0.6) is 0 Å². The van der Waals surface area contributed by atoms with Gasteiger partial charge in [-0.1, -0.05) is 19.8 Å². The summed E-state index contributed by atoms with van der Waals surface area (Å²) in [6.45, 7) is 2.88. The van der Waals surface area contributed by atoms with E-state index in [2.05, 4.69) is 22.9 Å². The molecule has 1 aromatic rings. The standard InChI is InChI=1S/C13H22N4O2S/c1-4-5-6-7-17-13-8(11(18)15-2)9(14)10(20-13)12(19)16-3/h17H,4-7,14H2,1-3H3,(H,15,18)(H,16,19). The number of hydrogen-bond acceptors (Lipinski definition) is 5. The van der Waals surface area contributed by atoms with E-state index in [4.69, 9.17) is 5.73 Å². The van der Waals surface area contributed by atoms with Crippen molar-refractivity contribution in [1.82, 2.24) is 10.6 Å². The molecular formula is C13H22N4O2S. The SMILES string of the molecule is CCCCCNc1sc(C(=O)NC)c(N)c1C(=O)NC. The van der Waals surface area contributed by atoms with Gasteiger partial charge in [-0.25, -0.2) is 0 Å². The van der Waals surface area contributed by atoms with Crippen molar-refractivity contribution in [1.29, 1.82) is 0 Å². The van der Waals surface area contributed by atoms with E-state index in [-0.39, 0.29) is 17.5 Å². The van der Waals surface area contributed by atoms with Crippen molar-refractivity contribution in [2.75, 3.05) is 31.7 Å². The third kappa shape index (κ3) is 3.63. The Morgan fingerprint density at radius 2 is 1.80 bits per heavy atom. The topological polar surface area (TPSA) is 96.2 Å². The zero-order chi connectivity index (χ0) is 15.1. The van der Waals surface area contributed by atoms with Gasteiger partial charge in [-0.15, -0.1) is 11.3 Å². The number of nitrogens with one attached hydrogen (secondary N) is 3. The summed E-state index contributed by atoms with van der Waals surface area (Å²) >= 11 is 1.21. The summed E-state index contributed by atoms with van der Waals surface area (Å²) in [5.41, 5.74) is 6.52. The minimum absolute atomic E-state index is 0.228. The Bertz CT molecular complexity index is 485. The summed E-state index contributed by atoms with van der Waals surface area (Å²) in [4.78, 5) is 24.0. The third-order valence-corrected chi connectivity index (χ3v) is 4.06. The molecule has 112 valence electrons. The van der Waals surface area contributed by atoms with Crippen LogP contribution in [0, 0.1) is 0 Å². The summed E-state index contributed by atoms with van der Waals surface area (Å²) in [6.07, 6.45) is 3.25. The molecule has 1 heterocycles. The summed E-state index contributed by atoms with van der Waals surface area (Å²) in [5.74, 6) is -0.564. The number of rotatable bonds is 7. The van der Waals surface area contributed by atoms with Crippen molar-refractivity contribution in [2.45, 2.75) is 26.2 Å². The van der Waals surface area contributed by atoms with Gasteiger partial charge in [-0.05, 0) is 6.42 Å². The fourth-order valence-electron chi connectivity index (χ4n) is 1.78. The van der Waals surface area contributed by atoms with Gasteiger partial charge in [0.2, 0.25) is 0 Å². The highest BCUT2D eigenvalue weighted by Gasteiger charge is 2.24. The van der Waals surface area contributed by atoms with Crippen LogP contribution in [0.2, 0.25) is 0 Å². The van der Waals surface area contributed by atoms with Crippen molar-refractivity contribution >= 4 is 33.8 Å². The number of unbranched alkanes of at least 4 members (excludes halogenated alkanes) is 2. The first kappa shape index (κ1) is 16.3. The van der Waals surface area contributed by atoms with Gasteiger partial charge in [0, 0.05) is 20.6 Å². The quantitative estimate of drug-likeness (QED) is 0.576. The van der Waals surface area contributed by atoms with Gasteiger partial charge in [0.15, 0.2) is 0 Å². The first-order chi connectivity index (χ1) is 9.56. The van der Waals surface area contributed by atoms with Crippen molar-refractivity contribution < 1.29 is 9.59 Å². The van der Waals surface area contributed by atoms with E-state index in [0.717, 1.165) is 25.8 Å². The van der Waals surface area contributed by atoms with Crippen LogP contribution in [0.15, 0.2) is 0 Å². The third-order valence-electron chi connectivity index (χ3n) is 2.90. The molecule has 7 heteroatoms. The highest BCUT2D eigenvalue weighted by molar-refractivity contribution is 7.19. The molecule has 0 bridgehead atoms. The van der Waals surface area contributed by atoms with Gasteiger partial charge >= 0.3 is 0 Å². The molecule has 1 rings (SSSR count). The van der Waals surface area contributed by atoms with Crippen molar-refractivity contribution in [3.05, 3.63) is 10.4 Å². The minimum atomic E-state index is -0.285. The second-order valence-electron chi connectivity index (χ2n) is 4.34. The summed E-state index contributed by atoms with van der Waals surface area (Å²) in [7, 11) is 3.08. The Hall–Kier alpha value is -1.76. The second-order valence-corrected chi connectivity index (χ2v) is 5.36. The predicted octanol–water partition coefficient (Wildman–Crippen LogP) is 1.65. The average molecular weight is 298 g/mol. The number of carbonyl (C=O) groups excluding carboxylic acids is 2. The first-order valence-corrected chi connectivity index (χ1v) is 7.48. The molecule has 0 atom stereocenters. The second kappa shape index (κ2) is 7.74. The lowest BCUT2D eigenvalue weighted by atomic mass is 10.2. The maximum absolute atomic E-state index is 11.9. The zero-order valence-electron chi connectivity index (χ0n) is 12.1. The molecule has 0 fully saturated rings. The van der Waals surface area contributed by atoms with E-state index < -0.39 is 0 Å². The molecule has 0 spiro atoms. The molecule has 0 saturated carbocycles. The van der Waals surface area contributed by atoms with E-state index in [0.29, 0.717) is 15.4 Å². The molecule has 0 aromatic carbocycles. The Labute approximate surface area is 123 Å². The maximum atomic E-state index is 11.9. The van der Waals surface area contributed by atoms with Gasteiger partial charge in [0.1, 0.15) is 9.88 Å². The van der Waals surface area contributed by atoms with E-state index >= 15 is 0 Å². The lowest BCUT2D eigenvalue weighted by Gasteiger charge is -2.06. The van der Waals surface area contributed by atoms with Gasteiger partial charge in [-0.3, -0.25) is 9.59 Å².